The third kappa shape index (κ3) is 2.88. The van der Waals surface area contributed by atoms with E-state index in [2.05, 4.69) is 25.7 Å². The highest BCUT2D eigenvalue weighted by Gasteiger charge is 2.16. The maximum absolute atomic E-state index is 13.5. The standard InChI is InChI=1S/C13H10BrFN2O3/c1-19-13(18)7-3-2-4-17-12(7)20-11-6-9(15)8(14)5-10(11)16/h2-6H,16H2,1H3. The fourth-order valence-corrected chi connectivity index (χ4v) is 1.84. The summed E-state index contributed by atoms with van der Waals surface area (Å²) in [6, 6.07) is 5.52. The summed E-state index contributed by atoms with van der Waals surface area (Å²) in [5.74, 6) is -1.09. The Kier molecular flexibility index (Phi) is 4.19. The molecule has 7 heteroatoms. The second-order valence-electron chi connectivity index (χ2n) is 3.75. The summed E-state index contributed by atoms with van der Waals surface area (Å²) in [5, 5.41) is 0. The van der Waals surface area contributed by atoms with Gasteiger partial charge in [0.1, 0.15) is 11.4 Å². The van der Waals surface area contributed by atoms with Crippen molar-refractivity contribution < 1.29 is 18.7 Å². The Morgan fingerprint density at radius 3 is 2.90 bits per heavy atom. The van der Waals surface area contributed by atoms with Crippen molar-refractivity contribution in [1.82, 2.24) is 4.98 Å². The van der Waals surface area contributed by atoms with Gasteiger partial charge in [-0.15, -0.1) is 0 Å². The van der Waals surface area contributed by atoms with E-state index in [1.165, 1.54) is 25.4 Å². The number of methoxy groups -OCH3 is 1. The van der Waals surface area contributed by atoms with Gasteiger partial charge in [0.15, 0.2) is 5.75 Å². The van der Waals surface area contributed by atoms with Crippen molar-refractivity contribution in [3.63, 3.8) is 0 Å². The largest absolute Gasteiger partial charge is 0.465 e. The quantitative estimate of drug-likeness (QED) is 0.686. The SMILES string of the molecule is COC(=O)c1cccnc1Oc1cc(F)c(Br)cc1N. The average molecular weight is 341 g/mol. The average Bonchev–Trinajstić information content (AvgIpc) is 2.44. The van der Waals surface area contributed by atoms with Crippen LogP contribution in [0.2, 0.25) is 0 Å². The minimum Gasteiger partial charge on any atom is -0.465 e. The van der Waals surface area contributed by atoms with Crippen molar-refractivity contribution in [2.24, 2.45) is 0 Å². The number of nitrogens with two attached hydrogens (primary N) is 1. The molecule has 0 saturated carbocycles. The Hall–Kier alpha value is -2.15. The van der Waals surface area contributed by atoms with E-state index in [0.717, 1.165) is 6.07 Å². The zero-order valence-corrected chi connectivity index (χ0v) is 12.0. The first kappa shape index (κ1) is 14.3. The molecule has 0 spiro atoms. The van der Waals surface area contributed by atoms with E-state index in [1.807, 2.05) is 0 Å². The summed E-state index contributed by atoms with van der Waals surface area (Å²) in [5.41, 5.74) is 6.06. The predicted molar refractivity (Wildman–Crippen MR) is 74.2 cm³/mol. The first-order valence-corrected chi connectivity index (χ1v) is 6.28. The summed E-state index contributed by atoms with van der Waals surface area (Å²) in [7, 11) is 1.24. The molecule has 2 aromatic rings. The number of aromatic nitrogens is 1. The van der Waals surface area contributed by atoms with Crippen LogP contribution < -0.4 is 10.5 Å². The third-order valence-corrected chi connectivity index (χ3v) is 3.04. The van der Waals surface area contributed by atoms with E-state index >= 15 is 0 Å². The Labute approximate surface area is 122 Å². The van der Waals surface area contributed by atoms with E-state index in [1.54, 1.807) is 6.07 Å². The van der Waals surface area contributed by atoms with Gasteiger partial charge in [-0.2, -0.15) is 0 Å². The molecule has 1 heterocycles. The molecule has 20 heavy (non-hydrogen) atoms. The molecule has 104 valence electrons. The molecular formula is C13H10BrFN2O3. The second-order valence-corrected chi connectivity index (χ2v) is 4.61. The third-order valence-electron chi connectivity index (χ3n) is 2.44. The molecule has 0 atom stereocenters. The molecule has 0 amide bonds. The van der Waals surface area contributed by atoms with Crippen molar-refractivity contribution >= 4 is 27.6 Å². The van der Waals surface area contributed by atoms with Crippen LogP contribution in [0.5, 0.6) is 11.6 Å². The van der Waals surface area contributed by atoms with Crippen LogP contribution in [0.15, 0.2) is 34.9 Å². The van der Waals surface area contributed by atoms with Crippen LogP contribution in [0.1, 0.15) is 10.4 Å². The van der Waals surface area contributed by atoms with Crippen molar-refractivity contribution in [2.45, 2.75) is 0 Å². The molecule has 0 aliphatic heterocycles. The van der Waals surface area contributed by atoms with Crippen LogP contribution in [0.3, 0.4) is 0 Å². The fraction of sp³-hybridized carbons (Fsp3) is 0.0769. The molecule has 2 N–H and O–H groups in total. The number of carbonyl (C=O) groups excluding carboxylic acids is 1. The number of anilines is 1. The van der Waals surface area contributed by atoms with E-state index in [4.69, 9.17) is 10.5 Å². The number of ether oxygens (including phenoxy) is 2. The molecule has 0 saturated heterocycles. The maximum Gasteiger partial charge on any atom is 0.343 e. The number of hydrogen-bond acceptors (Lipinski definition) is 5. The number of nitrogen functional groups attached to an aromatic ring is 1. The van der Waals surface area contributed by atoms with Gasteiger partial charge in [-0.3, -0.25) is 0 Å². The molecule has 1 aromatic carbocycles. The smallest absolute Gasteiger partial charge is 0.343 e. The van der Waals surface area contributed by atoms with Gasteiger partial charge in [-0.05, 0) is 34.1 Å². The van der Waals surface area contributed by atoms with Crippen LogP contribution >= 0.6 is 15.9 Å². The van der Waals surface area contributed by atoms with E-state index in [0.29, 0.717) is 0 Å². The van der Waals surface area contributed by atoms with Gasteiger partial charge in [-0.25, -0.2) is 14.2 Å². The van der Waals surface area contributed by atoms with E-state index in [9.17, 15) is 9.18 Å². The zero-order chi connectivity index (χ0) is 14.7. The van der Waals surface area contributed by atoms with Crippen LogP contribution in [0.25, 0.3) is 0 Å². The van der Waals surface area contributed by atoms with E-state index in [-0.39, 0.29) is 27.4 Å². The minimum absolute atomic E-state index is 0.00669. The minimum atomic E-state index is -0.607. The first-order chi connectivity index (χ1) is 9.52. The first-order valence-electron chi connectivity index (χ1n) is 5.48. The highest BCUT2D eigenvalue weighted by Crippen LogP contribution is 2.32. The number of hydrogen-bond donors (Lipinski definition) is 1. The van der Waals surface area contributed by atoms with Crippen molar-refractivity contribution in [2.75, 3.05) is 12.8 Å². The topological polar surface area (TPSA) is 74.4 Å². The van der Waals surface area contributed by atoms with Crippen molar-refractivity contribution in [1.29, 1.82) is 0 Å². The lowest BCUT2D eigenvalue weighted by Gasteiger charge is -2.11. The number of carbonyl (C=O) groups is 1. The number of pyridine rings is 1. The van der Waals surface area contributed by atoms with Gasteiger partial charge in [0.25, 0.3) is 0 Å². The van der Waals surface area contributed by atoms with Gasteiger partial charge in [0.05, 0.1) is 17.3 Å². The summed E-state index contributed by atoms with van der Waals surface area (Å²) < 4.78 is 23.7. The normalized spacial score (nSPS) is 10.2. The summed E-state index contributed by atoms with van der Waals surface area (Å²) in [6.45, 7) is 0. The highest BCUT2D eigenvalue weighted by atomic mass is 79.9. The molecule has 0 bridgehead atoms. The Balaban J connectivity index is 2.40. The van der Waals surface area contributed by atoms with Crippen LogP contribution in [0.4, 0.5) is 10.1 Å². The van der Waals surface area contributed by atoms with Crippen LogP contribution in [-0.2, 0) is 4.74 Å². The monoisotopic (exact) mass is 340 g/mol. The number of esters is 1. The molecular weight excluding hydrogens is 331 g/mol. The molecule has 1 aromatic heterocycles. The number of halogens is 2. The van der Waals surface area contributed by atoms with Crippen LogP contribution in [0, 0.1) is 5.82 Å². The maximum atomic E-state index is 13.5. The van der Waals surface area contributed by atoms with Gasteiger partial charge in [0.2, 0.25) is 5.88 Å². The van der Waals surface area contributed by atoms with Gasteiger partial charge < -0.3 is 15.2 Å². The fourth-order valence-electron chi connectivity index (χ4n) is 1.47. The highest BCUT2D eigenvalue weighted by molar-refractivity contribution is 9.10. The second kappa shape index (κ2) is 5.87. The van der Waals surface area contributed by atoms with Gasteiger partial charge in [0, 0.05) is 12.3 Å². The molecule has 5 nitrogen and oxygen atoms in total. The lowest BCUT2D eigenvalue weighted by Crippen LogP contribution is -2.05. The van der Waals surface area contributed by atoms with E-state index < -0.39 is 11.8 Å². The lowest BCUT2D eigenvalue weighted by molar-refractivity contribution is 0.0597. The molecule has 0 radical (unpaired) electrons. The number of nitrogens with zero attached hydrogens (tertiary/aromatic N) is 1. The number of benzene rings is 1. The Morgan fingerprint density at radius 2 is 2.20 bits per heavy atom. The number of rotatable bonds is 3. The van der Waals surface area contributed by atoms with Gasteiger partial charge in [-0.1, -0.05) is 0 Å². The molecule has 2 rings (SSSR count). The Bertz CT molecular complexity index is 664. The Morgan fingerprint density at radius 1 is 1.45 bits per heavy atom. The zero-order valence-electron chi connectivity index (χ0n) is 10.4. The lowest BCUT2D eigenvalue weighted by atomic mass is 10.2. The molecule has 0 unspecified atom stereocenters. The summed E-state index contributed by atoms with van der Waals surface area (Å²) in [4.78, 5) is 15.5. The predicted octanol–water partition coefficient (Wildman–Crippen LogP) is 3.14. The van der Waals surface area contributed by atoms with Gasteiger partial charge >= 0.3 is 5.97 Å². The van der Waals surface area contributed by atoms with Crippen LogP contribution in [-0.4, -0.2) is 18.1 Å². The summed E-state index contributed by atoms with van der Waals surface area (Å²) >= 11 is 3.01. The molecule has 0 aliphatic rings. The van der Waals surface area contributed by atoms with Crippen molar-refractivity contribution in [3.05, 3.63) is 46.3 Å². The molecule has 0 aliphatic carbocycles. The molecule has 0 fully saturated rings. The van der Waals surface area contributed by atoms with Crippen molar-refractivity contribution in [3.8, 4) is 11.6 Å². The summed E-state index contributed by atoms with van der Waals surface area (Å²) in [6.07, 6.45) is 1.44.